The molecule has 1 N–H and O–H groups in total. The van der Waals surface area contributed by atoms with E-state index >= 15 is 0 Å². The quantitative estimate of drug-likeness (QED) is 0.906. The lowest BCUT2D eigenvalue weighted by molar-refractivity contribution is -0.139. The number of nitrogens with one attached hydrogen (secondary N) is 1. The number of fused-ring (bicyclic) bond motifs is 2. The number of hydrogen-bond donors (Lipinski definition) is 1. The van der Waals surface area contributed by atoms with Crippen LogP contribution >= 0.6 is 0 Å². The van der Waals surface area contributed by atoms with Gasteiger partial charge in [-0.2, -0.15) is 0 Å². The second-order valence-corrected chi connectivity index (χ2v) is 5.66. The highest BCUT2D eigenvalue weighted by molar-refractivity contribution is 5.78. The monoisotopic (exact) mass is 274 g/mol. The second kappa shape index (κ2) is 6.37. The fraction of sp³-hybridized carbons (Fsp3) is 0.562. The van der Waals surface area contributed by atoms with Crippen LogP contribution in [0.5, 0.6) is 0 Å². The zero-order chi connectivity index (χ0) is 13.8. The molecular formula is C16H22N2O2. The summed E-state index contributed by atoms with van der Waals surface area (Å²) in [5.41, 5.74) is 1.11. The summed E-state index contributed by atoms with van der Waals surface area (Å²) in [6.07, 6.45) is 3.35. The van der Waals surface area contributed by atoms with Crippen molar-refractivity contribution in [2.75, 3.05) is 19.7 Å². The molecule has 2 atom stereocenters. The lowest BCUT2D eigenvalue weighted by Gasteiger charge is -2.27. The first-order chi connectivity index (χ1) is 9.84. The molecule has 20 heavy (non-hydrogen) atoms. The van der Waals surface area contributed by atoms with E-state index in [9.17, 15) is 4.79 Å². The smallest absolute Gasteiger partial charge is 0.249 e. The van der Waals surface area contributed by atoms with Crippen molar-refractivity contribution in [3.8, 4) is 0 Å². The Kier molecular flexibility index (Phi) is 4.33. The lowest BCUT2D eigenvalue weighted by atomic mass is 10.1. The van der Waals surface area contributed by atoms with Crippen molar-refractivity contribution in [1.82, 2.24) is 10.2 Å². The topological polar surface area (TPSA) is 41.6 Å². The molecule has 0 radical (unpaired) electrons. The SMILES string of the molecule is O=C(COCc1ccccc1)N1[C@H]2CCNC[C@@H]1CC2. The summed E-state index contributed by atoms with van der Waals surface area (Å²) in [6, 6.07) is 10.8. The summed E-state index contributed by atoms with van der Waals surface area (Å²) in [4.78, 5) is 14.4. The van der Waals surface area contributed by atoms with Gasteiger partial charge in [0.05, 0.1) is 6.61 Å². The predicted molar refractivity (Wildman–Crippen MR) is 77.2 cm³/mol. The van der Waals surface area contributed by atoms with E-state index in [4.69, 9.17) is 4.74 Å². The fourth-order valence-corrected chi connectivity index (χ4v) is 3.29. The normalized spacial score (nSPS) is 25.5. The summed E-state index contributed by atoms with van der Waals surface area (Å²) in [6.45, 7) is 2.66. The molecule has 4 heteroatoms. The third-order valence-electron chi connectivity index (χ3n) is 4.28. The van der Waals surface area contributed by atoms with Crippen LogP contribution in [0.15, 0.2) is 30.3 Å². The minimum atomic E-state index is 0.150. The van der Waals surface area contributed by atoms with Crippen molar-refractivity contribution < 1.29 is 9.53 Å². The molecule has 2 aliphatic rings. The van der Waals surface area contributed by atoms with Crippen molar-refractivity contribution in [3.63, 3.8) is 0 Å². The predicted octanol–water partition coefficient (Wildman–Crippen LogP) is 1.56. The van der Waals surface area contributed by atoms with Gasteiger partial charge in [0, 0.05) is 18.6 Å². The average molecular weight is 274 g/mol. The van der Waals surface area contributed by atoms with Crippen molar-refractivity contribution in [2.45, 2.75) is 38.0 Å². The van der Waals surface area contributed by atoms with Gasteiger partial charge in [-0.05, 0) is 31.4 Å². The highest BCUT2D eigenvalue weighted by Crippen LogP contribution is 2.27. The van der Waals surface area contributed by atoms with E-state index in [1.165, 1.54) is 0 Å². The number of carbonyl (C=O) groups excluding carboxylic acids is 1. The molecule has 2 fully saturated rings. The molecule has 2 aliphatic heterocycles. The van der Waals surface area contributed by atoms with Crippen LogP contribution in [-0.4, -0.2) is 42.6 Å². The van der Waals surface area contributed by atoms with Crippen LogP contribution in [0.3, 0.4) is 0 Å². The summed E-state index contributed by atoms with van der Waals surface area (Å²) < 4.78 is 5.59. The highest BCUT2D eigenvalue weighted by atomic mass is 16.5. The first kappa shape index (κ1) is 13.6. The van der Waals surface area contributed by atoms with Crippen molar-refractivity contribution in [1.29, 1.82) is 0 Å². The van der Waals surface area contributed by atoms with E-state index in [2.05, 4.69) is 10.2 Å². The number of hydrogen-bond acceptors (Lipinski definition) is 3. The number of amides is 1. The molecule has 2 saturated heterocycles. The Hall–Kier alpha value is -1.39. The van der Waals surface area contributed by atoms with Gasteiger partial charge in [0.2, 0.25) is 5.91 Å². The van der Waals surface area contributed by atoms with Crippen molar-refractivity contribution in [3.05, 3.63) is 35.9 Å². The number of carbonyl (C=O) groups is 1. The number of nitrogens with zero attached hydrogens (tertiary/aromatic N) is 1. The van der Waals surface area contributed by atoms with E-state index in [0.29, 0.717) is 18.7 Å². The van der Waals surface area contributed by atoms with Gasteiger partial charge in [0.15, 0.2) is 0 Å². The summed E-state index contributed by atoms with van der Waals surface area (Å²) in [5, 5.41) is 3.41. The molecule has 0 aromatic heterocycles. The Labute approximate surface area is 120 Å². The van der Waals surface area contributed by atoms with Gasteiger partial charge in [-0.1, -0.05) is 30.3 Å². The largest absolute Gasteiger partial charge is 0.367 e. The van der Waals surface area contributed by atoms with Crippen molar-refractivity contribution in [2.24, 2.45) is 0 Å². The van der Waals surface area contributed by atoms with Crippen LogP contribution in [-0.2, 0) is 16.1 Å². The average Bonchev–Trinajstić information content (AvgIpc) is 2.73. The minimum absolute atomic E-state index is 0.150. The number of benzene rings is 1. The molecule has 2 heterocycles. The van der Waals surface area contributed by atoms with Crippen LogP contribution in [0, 0.1) is 0 Å². The Balaban J connectivity index is 1.51. The zero-order valence-corrected chi connectivity index (χ0v) is 11.8. The Morgan fingerprint density at radius 3 is 2.85 bits per heavy atom. The number of rotatable bonds is 4. The lowest BCUT2D eigenvalue weighted by Crippen LogP contribution is -2.44. The fourth-order valence-electron chi connectivity index (χ4n) is 3.29. The molecule has 2 bridgehead atoms. The molecule has 4 nitrogen and oxygen atoms in total. The molecule has 1 amide bonds. The molecule has 1 aromatic carbocycles. The highest BCUT2D eigenvalue weighted by Gasteiger charge is 2.37. The maximum absolute atomic E-state index is 12.4. The Morgan fingerprint density at radius 1 is 1.20 bits per heavy atom. The summed E-state index contributed by atoms with van der Waals surface area (Å²) in [7, 11) is 0. The molecule has 1 aromatic rings. The van der Waals surface area contributed by atoms with Crippen LogP contribution < -0.4 is 5.32 Å². The first-order valence-corrected chi connectivity index (χ1v) is 7.48. The van der Waals surface area contributed by atoms with E-state index in [1.807, 2.05) is 30.3 Å². The van der Waals surface area contributed by atoms with E-state index in [0.717, 1.165) is 37.9 Å². The van der Waals surface area contributed by atoms with Crippen LogP contribution in [0.4, 0.5) is 0 Å². The third-order valence-corrected chi connectivity index (χ3v) is 4.28. The molecular weight excluding hydrogens is 252 g/mol. The number of ether oxygens (including phenoxy) is 1. The Morgan fingerprint density at radius 2 is 2.00 bits per heavy atom. The van der Waals surface area contributed by atoms with E-state index < -0.39 is 0 Å². The second-order valence-electron chi connectivity index (χ2n) is 5.66. The molecule has 0 spiro atoms. The van der Waals surface area contributed by atoms with Crippen LogP contribution in [0.2, 0.25) is 0 Å². The van der Waals surface area contributed by atoms with Crippen molar-refractivity contribution >= 4 is 5.91 Å². The van der Waals surface area contributed by atoms with Gasteiger partial charge in [-0.15, -0.1) is 0 Å². The summed E-state index contributed by atoms with van der Waals surface area (Å²) in [5.74, 6) is 0.150. The molecule has 3 rings (SSSR count). The summed E-state index contributed by atoms with van der Waals surface area (Å²) >= 11 is 0. The van der Waals surface area contributed by atoms with Gasteiger partial charge in [0.1, 0.15) is 6.61 Å². The maximum atomic E-state index is 12.4. The maximum Gasteiger partial charge on any atom is 0.249 e. The first-order valence-electron chi connectivity index (χ1n) is 7.48. The van der Waals surface area contributed by atoms with Crippen LogP contribution in [0.25, 0.3) is 0 Å². The van der Waals surface area contributed by atoms with Gasteiger partial charge in [-0.25, -0.2) is 0 Å². The van der Waals surface area contributed by atoms with Crippen LogP contribution in [0.1, 0.15) is 24.8 Å². The van der Waals surface area contributed by atoms with Gasteiger partial charge < -0.3 is 15.0 Å². The van der Waals surface area contributed by atoms with Gasteiger partial charge in [-0.3, -0.25) is 4.79 Å². The minimum Gasteiger partial charge on any atom is -0.367 e. The molecule has 0 aliphatic carbocycles. The molecule has 0 unspecified atom stereocenters. The standard InChI is InChI=1S/C16H22N2O2/c19-16(12-20-11-13-4-2-1-3-5-13)18-14-6-7-15(18)10-17-9-8-14/h1-5,14-15,17H,6-12H2/t14-,15+/m1/s1. The van der Waals surface area contributed by atoms with E-state index in [1.54, 1.807) is 0 Å². The molecule has 0 saturated carbocycles. The Bertz CT molecular complexity index is 435. The van der Waals surface area contributed by atoms with Gasteiger partial charge in [0.25, 0.3) is 0 Å². The van der Waals surface area contributed by atoms with Gasteiger partial charge >= 0.3 is 0 Å². The van der Waals surface area contributed by atoms with E-state index in [-0.39, 0.29) is 12.5 Å². The molecule has 108 valence electrons. The third kappa shape index (κ3) is 3.02. The zero-order valence-electron chi connectivity index (χ0n) is 11.8.